The van der Waals surface area contributed by atoms with E-state index in [1.165, 1.54) is 18.2 Å². The van der Waals surface area contributed by atoms with Crippen LogP contribution in [0, 0.1) is 0 Å². The second-order valence-electron chi connectivity index (χ2n) is 3.00. The standard InChI is InChI=1S/C9H9ClO5S/c1-6(16(12,13)14)15-9(11)7-3-2-4-8(10)5-7/h2-6H,1H3,(H,12,13,14). The Morgan fingerprint density at radius 1 is 1.50 bits per heavy atom. The van der Waals surface area contributed by atoms with Gasteiger partial charge in [0.05, 0.1) is 5.56 Å². The summed E-state index contributed by atoms with van der Waals surface area (Å²) in [6, 6.07) is 5.84. The van der Waals surface area contributed by atoms with Crippen molar-refractivity contribution in [2.75, 3.05) is 0 Å². The minimum absolute atomic E-state index is 0.114. The number of hydrogen-bond donors (Lipinski definition) is 1. The van der Waals surface area contributed by atoms with E-state index in [0.717, 1.165) is 6.92 Å². The minimum Gasteiger partial charge on any atom is -0.440 e. The Morgan fingerprint density at radius 2 is 2.12 bits per heavy atom. The van der Waals surface area contributed by atoms with Crippen LogP contribution >= 0.6 is 11.6 Å². The average Bonchev–Trinajstić information content (AvgIpc) is 2.16. The van der Waals surface area contributed by atoms with Gasteiger partial charge in [0.2, 0.25) is 5.44 Å². The van der Waals surface area contributed by atoms with Gasteiger partial charge in [0.1, 0.15) is 0 Å². The van der Waals surface area contributed by atoms with E-state index >= 15 is 0 Å². The zero-order valence-corrected chi connectivity index (χ0v) is 9.83. The predicted octanol–water partition coefficient (Wildman–Crippen LogP) is 1.73. The summed E-state index contributed by atoms with van der Waals surface area (Å²) in [4.78, 5) is 11.4. The molecule has 0 saturated heterocycles. The zero-order valence-electron chi connectivity index (χ0n) is 8.25. The summed E-state index contributed by atoms with van der Waals surface area (Å²) in [5.74, 6) is -0.868. The van der Waals surface area contributed by atoms with Crippen LogP contribution < -0.4 is 0 Å². The molecule has 1 aromatic carbocycles. The molecular weight excluding hydrogens is 256 g/mol. The Kier molecular flexibility index (Phi) is 3.90. The quantitative estimate of drug-likeness (QED) is 0.664. The SMILES string of the molecule is CC(OC(=O)c1cccc(Cl)c1)S(=O)(=O)O. The van der Waals surface area contributed by atoms with Gasteiger partial charge in [-0.1, -0.05) is 17.7 Å². The van der Waals surface area contributed by atoms with Crippen LogP contribution in [-0.4, -0.2) is 24.4 Å². The molecule has 0 saturated carbocycles. The number of carbonyl (C=O) groups is 1. The Labute approximate surface area is 97.7 Å². The highest BCUT2D eigenvalue weighted by Crippen LogP contribution is 2.13. The summed E-state index contributed by atoms with van der Waals surface area (Å²) in [6.45, 7) is 1.05. The van der Waals surface area contributed by atoms with E-state index in [9.17, 15) is 13.2 Å². The molecule has 1 unspecified atom stereocenters. The fourth-order valence-electron chi connectivity index (χ4n) is 0.895. The molecule has 88 valence electrons. The Balaban J connectivity index is 2.81. The van der Waals surface area contributed by atoms with E-state index in [1.54, 1.807) is 6.07 Å². The van der Waals surface area contributed by atoms with Crippen LogP contribution in [0.3, 0.4) is 0 Å². The van der Waals surface area contributed by atoms with E-state index in [0.29, 0.717) is 5.02 Å². The monoisotopic (exact) mass is 264 g/mol. The average molecular weight is 265 g/mol. The normalized spacial score (nSPS) is 13.2. The van der Waals surface area contributed by atoms with Crippen molar-refractivity contribution in [1.29, 1.82) is 0 Å². The van der Waals surface area contributed by atoms with Crippen LogP contribution in [0.5, 0.6) is 0 Å². The first-order chi connectivity index (χ1) is 7.30. The van der Waals surface area contributed by atoms with Gasteiger partial charge in [-0.2, -0.15) is 8.42 Å². The molecule has 1 N–H and O–H groups in total. The maximum atomic E-state index is 11.4. The van der Waals surface area contributed by atoms with Gasteiger partial charge in [0.25, 0.3) is 0 Å². The first kappa shape index (κ1) is 13.0. The molecular formula is C9H9ClO5S. The van der Waals surface area contributed by atoms with Gasteiger partial charge in [0, 0.05) is 5.02 Å². The molecule has 0 aromatic heterocycles. The van der Waals surface area contributed by atoms with Crippen molar-refractivity contribution in [3.63, 3.8) is 0 Å². The third-order valence-corrected chi connectivity index (χ3v) is 2.92. The van der Waals surface area contributed by atoms with Gasteiger partial charge in [-0.05, 0) is 25.1 Å². The number of rotatable bonds is 3. The first-order valence-electron chi connectivity index (χ1n) is 4.23. The molecule has 0 bridgehead atoms. The fourth-order valence-corrected chi connectivity index (χ4v) is 1.29. The van der Waals surface area contributed by atoms with Crippen LogP contribution in [0.15, 0.2) is 24.3 Å². The van der Waals surface area contributed by atoms with Crippen LogP contribution in [0.4, 0.5) is 0 Å². The number of esters is 1. The number of carbonyl (C=O) groups excluding carboxylic acids is 1. The molecule has 0 radical (unpaired) electrons. The number of hydrogen-bond acceptors (Lipinski definition) is 4. The molecule has 0 aliphatic carbocycles. The lowest BCUT2D eigenvalue weighted by molar-refractivity contribution is 0.0455. The minimum atomic E-state index is -4.39. The van der Waals surface area contributed by atoms with Crippen molar-refractivity contribution >= 4 is 27.7 Å². The summed E-state index contributed by atoms with van der Waals surface area (Å²) in [7, 11) is -4.39. The van der Waals surface area contributed by atoms with E-state index in [1.807, 2.05) is 0 Å². The van der Waals surface area contributed by atoms with Crippen LogP contribution in [0.25, 0.3) is 0 Å². The van der Waals surface area contributed by atoms with Gasteiger partial charge < -0.3 is 4.74 Å². The zero-order chi connectivity index (χ0) is 12.3. The highest BCUT2D eigenvalue weighted by molar-refractivity contribution is 7.86. The lowest BCUT2D eigenvalue weighted by atomic mass is 10.2. The summed E-state index contributed by atoms with van der Waals surface area (Å²) < 4.78 is 34.4. The molecule has 1 atom stereocenters. The van der Waals surface area contributed by atoms with Crippen LogP contribution in [0.2, 0.25) is 5.02 Å². The molecule has 0 aliphatic rings. The van der Waals surface area contributed by atoms with Gasteiger partial charge in [-0.15, -0.1) is 0 Å². The highest BCUT2D eigenvalue weighted by atomic mass is 35.5. The molecule has 0 fully saturated rings. The van der Waals surface area contributed by atoms with Crippen molar-refractivity contribution in [1.82, 2.24) is 0 Å². The summed E-state index contributed by atoms with van der Waals surface area (Å²) >= 11 is 5.64. The molecule has 0 amide bonds. The Hall–Kier alpha value is -1.11. The fraction of sp³-hybridized carbons (Fsp3) is 0.222. The molecule has 5 nitrogen and oxygen atoms in total. The van der Waals surface area contributed by atoms with Gasteiger partial charge in [0.15, 0.2) is 0 Å². The number of ether oxygens (including phenoxy) is 1. The molecule has 1 rings (SSSR count). The summed E-state index contributed by atoms with van der Waals surface area (Å²) in [5.41, 5.74) is -1.50. The van der Waals surface area contributed by atoms with E-state index in [2.05, 4.69) is 4.74 Å². The topological polar surface area (TPSA) is 80.7 Å². The van der Waals surface area contributed by atoms with Crippen LogP contribution in [-0.2, 0) is 14.9 Å². The van der Waals surface area contributed by atoms with Crippen molar-refractivity contribution in [3.05, 3.63) is 34.9 Å². The maximum absolute atomic E-state index is 11.4. The Bertz CT molecular complexity index is 496. The molecule has 0 heterocycles. The largest absolute Gasteiger partial charge is 0.440 e. The van der Waals surface area contributed by atoms with Gasteiger partial charge in [-0.3, -0.25) is 4.55 Å². The van der Waals surface area contributed by atoms with Crippen LogP contribution in [0.1, 0.15) is 17.3 Å². The molecule has 0 spiro atoms. The van der Waals surface area contributed by atoms with Crippen molar-refractivity contribution < 1.29 is 22.5 Å². The first-order valence-corrected chi connectivity index (χ1v) is 6.11. The molecule has 16 heavy (non-hydrogen) atoms. The molecule has 0 aliphatic heterocycles. The second kappa shape index (κ2) is 4.82. The number of halogens is 1. The van der Waals surface area contributed by atoms with Gasteiger partial charge >= 0.3 is 16.1 Å². The Morgan fingerprint density at radius 3 is 2.62 bits per heavy atom. The van der Waals surface area contributed by atoms with E-state index in [-0.39, 0.29) is 5.56 Å². The third kappa shape index (κ3) is 3.48. The maximum Gasteiger partial charge on any atom is 0.339 e. The van der Waals surface area contributed by atoms with Gasteiger partial charge in [-0.25, -0.2) is 4.79 Å². The van der Waals surface area contributed by atoms with Crippen molar-refractivity contribution in [2.24, 2.45) is 0 Å². The van der Waals surface area contributed by atoms with E-state index < -0.39 is 21.5 Å². The molecule has 7 heteroatoms. The second-order valence-corrected chi connectivity index (χ2v) is 5.13. The highest BCUT2D eigenvalue weighted by Gasteiger charge is 2.22. The van der Waals surface area contributed by atoms with Crippen molar-refractivity contribution in [2.45, 2.75) is 12.4 Å². The lowest BCUT2D eigenvalue weighted by Gasteiger charge is -2.09. The predicted molar refractivity (Wildman–Crippen MR) is 57.9 cm³/mol. The summed E-state index contributed by atoms with van der Waals surface area (Å²) in [5, 5.41) is 0.328. The van der Waals surface area contributed by atoms with Crippen molar-refractivity contribution in [3.8, 4) is 0 Å². The smallest absolute Gasteiger partial charge is 0.339 e. The third-order valence-electron chi connectivity index (χ3n) is 1.75. The van der Waals surface area contributed by atoms with E-state index in [4.69, 9.17) is 16.2 Å². The summed E-state index contributed by atoms with van der Waals surface area (Å²) in [6.07, 6.45) is 0. The number of benzene rings is 1. The molecule has 1 aromatic rings. The lowest BCUT2D eigenvalue weighted by Crippen LogP contribution is -2.23.